The number of carboxylic acids is 1. The normalized spacial score (nSPS) is 22.3. The van der Waals surface area contributed by atoms with Gasteiger partial charge in [0.1, 0.15) is 0 Å². The second kappa shape index (κ2) is 8.87. The Bertz CT molecular complexity index is 339. The van der Waals surface area contributed by atoms with Crippen LogP contribution in [-0.4, -0.2) is 54.2 Å². The first kappa shape index (κ1) is 17.8. The first-order valence-electron chi connectivity index (χ1n) is 7.87. The van der Waals surface area contributed by atoms with Crippen LogP contribution >= 0.6 is 0 Å². The van der Waals surface area contributed by atoms with Gasteiger partial charge < -0.3 is 20.6 Å². The number of hydrogen-bond donors (Lipinski definition) is 3. The number of nitrogens with one attached hydrogen (secondary N) is 2. The Labute approximate surface area is 127 Å². The molecule has 1 fully saturated rings. The lowest BCUT2D eigenvalue weighted by Crippen LogP contribution is -2.44. The fraction of sp³-hybridized carbons (Fsp3) is 0.867. The van der Waals surface area contributed by atoms with Crippen molar-refractivity contribution in [1.82, 2.24) is 15.5 Å². The van der Waals surface area contributed by atoms with Gasteiger partial charge in [-0.05, 0) is 59.5 Å². The van der Waals surface area contributed by atoms with Crippen molar-refractivity contribution >= 4 is 12.0 Å². The number of hydrogen-bond acceptors (Lipinski definition) is 3. The largest absolute Gasteiger partial charge is 0.481 e. The molecule has 0 aromatic rings. The fourth-order valence-electron chi connectivity index (χ4n) is 2.51. The summed E-state index contributed by atoms with van der Waals surface area (Å²) in [5, 5.41) is 14.7. The van der Waals surface area contributed by atoms with E-state index in [0.717, 1.165) is 25.8 Å². The number of aliphatic carboxylic acids is 1. The van der Waals surface area contributed by atoms with Crippen LogP contribution < -0.4 is 10.6 Å². The number of amides is 2. The Morgan fingerprint density at radius 1 is 1.24 bits per heavy atom. The summed E-state index contributed by atoms with van der Waals surface area (Å²) in [6.45, 7) is 5.91. The summed E-state index contributed by atoms with van der Waals surface area (Å²) in [6, 6.07) is 0.489. The zero-order chi connectivity index (χ0) is 15.8. The molecule has 0 spiro atoms. The number of carbonyl (C=O) groups excluding carboxylic acids is 1. The van der Waals surface area contributed by atoms with E-state index >= 15 is 0 Å². The van der Waals surface area contributed by atoms with Gasteiger partial charge in [0, 0.05) is 18.6 Å². The summed E-state index contributed by atoms with van der Waals surface area (Å²) in [6.07, 6.45) is 3.73. The first-order chi connectivity index (χ1) is 9.90. The van der Waals surface area contributed by atoms with Crippen molar-refractivity contribution in [1.29, 1.82) is 0 Å². The van der Waals surface area contributed by atoms with Gasteiger partial charge in [-0.25, -0.2) is 4.79 Å². The number of urea groups is 1. The third kappa shape index (κ3) is 6.80. The van der Waals surface area contributed by atoms with Crippen molar-refractivity contribution in [2.75, 3.05) is 20.1 Å². The van der Waals surface area contributed by atoms with Crippen LogP contribution in [0.4, 0.5) is 4.79 Å². The summed E-state index contributed by atoms with van der Waals surface area (Å²) < 4.78 is 0. The highest BCUT2D eigenvalue weighted by Crippen LogP contribution is 2.24. The van der Waals surface area contributed by atoms with Crippen molar-refractivity contribution in [3.8, 4) is 0 Å². The summed E-state index contributed by atoms with van der Waals surface area (Å²) in [4.78, 5) is 24.9. The van der Waals surface area contributed by atoms with Gasteiger partial charge in [0.05, 0.1) is 5.92 Å². The molecule has 0 aromatic carbocycles. The molecule has 0 bridgehead atoms. The van der Waals surface area contributed by atoms with E-state index < -0.39 is 5.97 Å². The molecule has 0 saturated heterocycles. The molecule has 6 nitrogen and oxygen atoms in total. The standard InChI is InChI=1S/C15H29N3O3/c1-11(2)18(3)10-4-9-16-15(21)17-13-7-5-12(6-8-13)14(19)20/h11-13H,4-10H2,1-3H3,(H,19,20)(H2,16,17,21). The highest BCUT2D eigenvalue weighted by Gasteiger charge is 2.26. The van der Waals surface area contributed by atoms with Crippen LogP contribution in [-0.2, 0) is 4.79 Å². The molecule has 1 aliphatic carbocycles. The zero-order valence-corrected chi connectivity index (χ0v) is 13.4. The maximum Gasteiger partial charge on any atom is 0.315 e. The number of rotatable bonds is 7. The van der Waals surface area contributed by atoms with E-state index in [2.05, 4.69) is 36.4 Å². The van der Waals surface area contributed by atoms with Gasteiger partial charge in [0.2, 0.25) is 0 Å². The lowest BCUT2D eigenvalue weighted by molar-refractivity contribution is -0.142. The lowest BCUT2D eigenvalue weighted by Gasteiger charge is -2.27. The molecule has 0 unspecified atom stereocenters. The minimum atomic E-state index is -0.716. The van der Waals surface area contributed by atoms with Crippen LogP contribution in [0.25, 0.3) is 0 Å². The van der Waals surface area contributed by atoms with Gasteiger partial charge in [-0.3, -0.25) is 4.79 Å². The molecule has 1 aliphatic rings. The maximum absolute atomic E-state index is 11.8. The van der Waals surface area contributed by atoms with Gasteiger partial charge in [0.25, 0.3) is 0 Å². The number of nitrogens with zero attached hydrogens (tertiary/aromatic N) is 1. The second-order valence-electron chi connectivity index (χ2n) is 6.21. The van der Waals surface area contributed by atoms with Gasteiger partial charge >= 0.3 is 12.0 Å². The molecule has 0 aliphatic heterocycles. The average Bonchev–Trinajstić information content (AvgIpc) is 2.43. The van der Waals surface area contributed by atoms with Crippen molar-refractivity contribution in [3.05, 3.63) is 0 Å². The van der Waals surface area contributed by atoms with Crippen molar-refractivity contribution < 1.29 is 14.7 Å². The van der Waals surface area contributed by atoms with E-state index in [-0.39, 0.29) is 18.0 Å². The predicted octanol–water partition coefficient (Wildman–Crippen LogP) is 1.66. The van der Waals surface area contributed by atoms with Gasteiger partial charge in [0.15, 0.2) is 0 Å². The van der Waals surface area contributed by atoms with E-state index in [1.54, 1.807) is 0 Å². The molecule has 1 saturated carbocycles. The minimum Gasteiger partial charge on any atom is -0.481 e. The topological polar surface area (TPSA) is 81.7 Å². The van der Waals surface area contributed by atoms with Crippen LogP contribution in [0.2, 0.25) is 0 Å². The molecule has 6 heteroatoms. The molecular weight excluding hydrogens is 270 g/mol. The highest BCUT2D eigenvalue weighted by molar-refractivity contribution is 5.74. The molecule has 2 amide bonds. The van der Waals surface area contributed by atoms with Gasteiger partial charge in [-0.1, -0.05) is 0 Å². The Hall–Kier alpha value is -1.30. The van der Waals surface area contributed by atoms with E-state index in [4.69, 9.17) is 5.11 Å². The predicted molar refractivity (Wildman–Crippen MR) is 82.3 cm³/mol. The second-order valence-corrected chi connectivity index (χ2v) is 6.21. The van der Waals surface area contributed by atoms with Gasteiger partial charge in [-0.15, -0.1) is 0 Å². The fourth-order valence-corrected chi connectivity index (χ4v) is 2.51. The Morgan fingerprint density at radius 3 is 2.38 bits per heavy atom. The molecule has 0 atom stereocenters. The molecule has 1 rings (SSSR count). The zero-order valence-electron chi connectivity index (χ0n) is 13.4. The minimum absolute atomic E-state index is 0.110. The number of carboxylic acid groups (broad SMARTS) is 1. The van der Waals surface area contributed by atoms with E-state index in [1.807, 2.05) is 0 Å². The molecule has 21 heavy (non-hydrogen) atoms. The number of carbonyl (C=O) groups is 2. The van der Waals surface area contributed by atoms with Crippen LogP contribution in [0.15, 0.2) is 0 Å². The van der Waals surface area contributed by atoms with Crippen molar-refractivity contribution in [3.63, 3.8) is 0 Å². The van der Waals surface area contributed by atoms with Crippen LogP contribution in [0, 0.1) is 5.92 Å². The lowest BCUT2D eigenvalue weighted by atomic mass is 9.86. The molecular formula is C15H29N3O3. The van der Waals surface area contributed by atoms with Crippen molar-refractivity contribution in [2.24, 2.45) is 5.92 Å². The average molecular weight is 299 g/mol. The highest BCUT2D eigenvalue weighted by atomic mass is 16.4. The van der Waals surface area contributed by atoms with Crippen molar-refractivity contribution in [2.45, 2.75) is 58.0 Å². The quantitative estimate of drug-likeness (QED) is 0.624. The Morgan fingerprint density at radius 2 is 1.86 bits per heavy atom. The van der Waals surface area contributed by atoms with E-state index in [9.17, 15) is 9.59 Å². The first-order valence-corrected chi connectivity index (χ1v) is 7.87. The van der Waals surface area contributed by atoms with Crippen LogP contribution in [0.3, 0.4) is 0 Å². The summed E-state index contributed by atoms with van der Waals surface area (Å²) in [5.41, 5.74) is 0. The molecule has 3 N–H and O–H groups in total. The van der Waals surface area contributed by atoms with Crippen LogP contribution in [0.5, 0.6) is 0 Å². The summed E-state index contributed by atoms with van der Waals surface area (Å²) in [7, 11) is 2.08. The molecule has 0 aromatic heterocycles. The summed E-state index contributed by atoms with van der Waals surface area (Å²) in [5.74, 6) is -0.954. The molecule has 0 radical (unpaired) electrons. The Kier molecular flexibility index (Phi) is 7.50. The third-order valence-corrected chi connectivity index (χ3v) is 4.27. The monoisotopic (exact) mass is 299 g/mol. The molecule has 0 heterocycles. The van der Waals surface area contributed by atoms with E-state index in [0.29, 0.717) is 25.4 Å². The molecule has 122 valence electrons. The Balaban J connectivity index is 2.10. The third-order valence-electron chi connectivity index (χ3n) is 4.27. The maximum atomic E-state index is 11.8. The van der Waals surface area contributed by atoms with Gasteiger partial charge in [-0.2, -0.15) is 0 Å². The summed E-state index contributed by atoms with van der Waals surface area (Å²) >= 11 is 0. The smallest absolute Gasteiger partial charge is 0.315 e. The van der Waals surface area contributed by atoms with E-state index in [1.165, 1.54) is 0 Å². The van der Waals surface area contributed by atoms with Crippen LogP contribution in [0.1, 0.15) is 46.0 Å². The SMILES string of the molecule is CC(C)N(C)CCCNC(=O)NC1CCC(C(=O)O)CC1.